The van der Waals surface area contributed by atoms with Gasteiger partial charge in [-0.15, -0.1) is 0 Å². The lowest BCUT2D eigenvalue weighted by Crippen LogP contribution is -2.52. The number of ether oxygens (including phenoxy) is 1. The van der Waals surface area contributed by atoms with Crippen molar-refractivity contribution in [2.75, 3.05) is 44.7 Å². The van der Waals surface area contributed by atoms with Crippen molar-refractivity contribution >= 4 is 5.69 Å². The van der Waals surface area contributed by atoms with E-state index in [2.05, 4.69) is 35.8 Å². The Morgan fingerprint density at radius 1 is 1.14 bits per heavy atom. The van der Waals surface area contributed by atoms with Crippen LogP contribution in [-0.4, -0.2) is 55.4 Å². The highest BCUT2D eigenvalue weighted by Crippen LogP contribution is 2.22. The van der Waals surface area contributed by atoms with Crippen LogP contribution >= 0.6 is 0 Å². The van der Waals surface area contributed by atoms with Crippen LogP contribution < -0.4 is 9.64 Å². The molecule has 1 saturated heterocycles. The molecule has 4 nitrogen and oxygen atoms in total. The summed E-state index contributed by atoms with van der Waals surface area (Å²) < 4.78 is 5.20. The van der Waals surface area contributed by atoms with Gasteiger partial charge >= 0.3 is 0 Å². The van der Waals surface area contributed by atoms with Crippen molar-refractivity contribution in [1.29, 1.82) is 0 Å². The van der Waals surface area contributed by atoms with E-state index in [1.807, 2.05) is 19.1 Å². The van der Waals surface area contributed by atoms with Gasteiger partial charge in [-0.1, -0.05) is 13.8 Å². The van der Waals surface area contributed by atoms with Gasteiger partial charge < -0.3 is 14.7 Å². The molecule has 4 heteroatoms. The largest absolute Gasteiger partial charge is 0.497 e. The third-order valence-electron chi connectivity index (χ3n) is 4.60. The molecule has 118 valence electrons. The molecule has 2 rings (SSSR count). The Kier molecular flexibility index (Phi) is 5.12. The van der Waals surface area contributed by atoms with Gasteiger partial charge in [0.15, 0.2) is 0 Å². The minimum absolute atomic E-state index is 0.275. The molecule has 0 radical (unpaired) electrons. The van der Waals surface area contributed by atoms with Gasteiger partial charge in [0.05, 0.1) is 12.7 Å². The summed E-state index contributed by atoms with van der Waals surface area (Å²) in [5, 5.41) is 10.4. The Hall–Kier alpha value is -1.26. The molecule has 1 unspecified atom stereocenters. The fourth-order valence-corrected chi connectivity index (χ4v) is 2.59. The summed E-state index contributed by atoms with van der Waals surface area (Å²) in [4.78, 5) is 4.75. The molecule has 1 N–H and O–H groups in total. The molecule has 1 aromatic rings. The lowest BCUT2D eigenvalue weighted by atomic mass is 9.92. The van der Waals surface area contributed by atoms with Gasteiger partial charge in [0.2, 0.25) is 0 Å². The molecule has 1 aliphatic rings. The number of β-amino-alcohol motifs (C(OH)–C–C–N with tert-alkyl or cyclic N) is 1. The minimum Gasteiger partial charge on any atom is -0.497 e. The van der Waals surface area contributed by atoms with Crippen LogP contribution in [0, 0.1) is 5.92 Å². The number of hydrogen-bond acceptors (Lipinski definition) is 4. The maximum atomic E-state index is 10.4. The summed E-state index contributed by atoms with van der Waals surface area (Å²) in [6, 6.07) is 8.23. The van der Waals surface area contributed by atoms with Crippen LogP contribution in [0.3, 0.4) is 0 Å². The molecular formula is C17H28N2O2. The molecule has 0 spiro atoms. The van der Waals surface area contributed by atoms with Crippen LogP contribution in [0.15, 0.2) is 24.3 Å². The molecule has 0 saturated carbocycles. The second-order valence-electron chi connectivity index (χ2n) is 6.47. The first kappa shape index (κ1) is 16.1. The van der Waals surface area contributed by atoms with Crippen LogP contribution in [-0.2, 0) is 0 Å². The number of aliphatic hydroxyl groups is 1. The Bertz CT molecular complexity index is 435. The molecule has 0 amide bonds. The average Bonchev–Trinajstić information content (AvgIpc) is 2.48. The molecule has 1 atom stereocenters. The minimum atomic E-state index is -0.609. The summed E-state index contributed by atoms with van der Waals surface area (Å²) in [6.45, 7) is 10.8. The number of benzene rings is 1. The summed E-state index contributed by atoms with van der Waals surface area (Å²) >= 11 is 0. The van der Waals surface area contributed by atoms with Crippen molar-refractivity contribution in [3.05, 3.63) is 24.3 Å². The monoisotopic (exact) mass is 292 g/mol. The van der Waals surface area contributed by atoms with E-state index < -0.39 is 5.60 Å². The molecule has 1 heterocycles. The molecule has 1 aromatic carbocycles. The number of hydrogen-bond donors (Lipinski definition) is 1. The van der Waals surface area contributed by atoms with Gasteiger partial charge in [-0.25, -0.2) is 0 Å². The van der Waals surface area contributed by atoms with Crippen LogP contribution in [0.4, 0.5) is 5.69 Å². The SMILES string of the molecule is COc1ccc(N2CCN(CC(C)(O)C(C)C)CC2)cc1. The molecule has 0 bridgehead atoms. The van der Waals surface area contributed by atoms with Crippen molar-refractivity contribution in [2.45, 2.75) is 26.4 Å². The summed E-state index contributed by atoms with van der Waals surface area (Å²) in [6.07, 6.45) is 0. The van der Waals surface area contributed by atoms with Gasteiger partial charge in [-0.05, 0) is 37.1 Å². The van der Waals surface area contributed by atoms with Gasteiger partial charge in [-0.2, -0.15) is 0 Å². The van der Waals surface area contributed by atoms with E-state index in [1.165, 1.54) is 5.69 Å². The first-order valence-corrected chi connectivity index (χ1v) is 7.76. The predicted molar refractivity (Wildman–Crippen MR) is 87.1 cm³/mol. The second kappa shape index (κ2) is 6.67. The molecule has 21 heavy (non-hydrogen) atoms. The van der Waals surface area contributed by atoms with E-state index in [4.69, 9.17) is 4.74 Å². The van der Waals surface area contributed by atoms with E-state index in [9.17, 15) is 5.11 Å². The normalized spacial score (nSPS) is 19.6. The van der Waals surface area contributed by atoms with Crippen LogP contribution in [0.5, 0.6) is 5.75 Å². The highest BCUT2D eigenvalue weighted by Gasteiger charge is 2.29. The maximum absolute atomic E-state index is 10.4. The summed E-state index contributed by atoms with van der Waals surface area (Å²) in [5.74, 6) is 1.17. The Balaban J connectivity index is 1.88. The van der Waals surface area contributed by atoms with Crippen LogP contribution in [0.25, 0.3) is 0 Å². The third kappa shape index (κ3) is 4.11. The van der Waals surface area contributed by atoms with Crippen molar-refractivity contribution in [1.82, 2.24) is 4.90 Å². The number of piperazine rings is 1. The first-order valence-electron chi connectivity index (χ1n) is 7.76. The van der Waals surface area contributed by atoms with E-state index in [0.29, 0.717) is 0 Å². The maximum Gasteiger partial charge on any atom is 0.119 e. The number of anilines is 1. The molecule has 0 aliphatic carbocycles. The van der Waals surface area contributed by atoms with Crippen LogP contribution in [0.2, 0.25) is 0 Å². The zero-order valence-corrected chi connectivity index (χ0v) is 13.7. The Labute approximate surface area is 128 Å². The number of methoxy groups -OCH3 is 1. The van der Waals surface area contributed by atoms with E-state index in [1.54, 1.807) is 7.11 Å². The number of nitrogens with zero attached hydrogens (tertiary/aromatic N) is 2. The topological polar surface area (TPSA) is 35.9 Å². The highest BCUT2D eigenvalue weighted by atomic mass is 16.5. The lowest BCUT2D eigenvalue weighted by molar-refractivity contribution is -0.0198. The number of rotatable bonds is 5. The van der Waals surface area contributed by atoms with Gasteiger partial charge in [-0.3, -0.25) is 4.90 Å². The Morgan fingerprint density at radius 2 is 1.71 bits per heavy atom. The fourth-order valence-electron chi connectivity index (χ4n) is 2.59. The molecule has 1 fully saturated rings. The van der Waals surface area contributed by atoms with E-state index in [0.717, 1.165) is 38.5 Å². The van der Waals surface area contributed by atoms with Gasteiger partial charge in [0.1, 0.15) is 5.75 Å². The fraction of sp³-hybridized carbons (Fsp3) is 0.647. The van der Waals surface area contributed by atoms with Gasteiger partial charge in [0.25, 0.3) is 0 Å². The van der Waals surface area contributed by atoms with Crippen molar-refractivity contribution < 1.29 is 9.84 Å². The summed E-state index contributed by atoms with van der Waals surface area (Å²) in [5.41, 5.74) is 0.633. The first-order chi connectivity index (χ1) is 9.92. The second-order valence-corrected chi connectivity index (χ2v) is 6.47. The quantitative estimate of drug-likeness (QED) is 0.903. The van der Waals surface area contributed by atoms with Crippen molar-refractivity contribution in [3.8, 4) is 5.75 Å². The third-order valence-corrected chi connectivity index (χ3v) is 4.60. The van der Waals surface area contributed by atoms with Crippen LogP contribution in [0.1, 0.15) is 20.8 Å². The van der Waals surface area contributed by atoms with Crippen molar-refractivity contribution in [3.63, 3.8) is 0 Å². The highest BCUT2D eigenvalue weighted by molar-refractivity contribution is 5.49. The smallest absolute Gasteiger partial charge is 0.119 e. The molecular weight excluding hydrogens is 264 g/mol. The average molecular weight is 292 g/mol. The molecule has 0 aromatic heterocycles. The van der Waals surface area contributed by atoms with E-state index >= 15 is 0 Å². The van der Waals surface area contributed by atoms with Gasteiger partial charge in [0, 0.05) is 38.4 Å². The lowest BCUT2D eigenvalue weighted by Gasteiger charge is -2.40. The van der Waals surface area contributed by atoms with E-state index in [-0.39, 0.29) is 5.92 Å². The van der Waals surface area contributed by atoms with Crippen molar-refractivity contribution in [2.24, 2.45) is 5.92 Å². The Morgan fingerprint density at radius 3 is 2.19 bits per heavy atom. The summed E-state index contributed by atoms with van der Waals surface area (Å²) in [7, 11) is 1.69. The zero-order valence-electron chi connectivity index (χ0n) is 13.7. The predicted octanol–water partition coefficient (Wildman–Crippen LogP) is 2.22. The standard InChI is InChI=1S/C17H28N2O2/c1-14(2)17(3,20)13-18-9-11-19(12-10-18)15-5-7-16(21-4)8-6-15/h5-8,14,20H,9-13H2,1-4H3. The zero-order chi connectivity index (χ0) is 15.5. The molecule has 1 aliphatic heterocycles.